The van der Waals surface area contributed by atoms with Gasteiger partial charge >= 0.3 is 5.97 Å². The third kappa shape index (κ3) is 5.32. The highest BCUT2D eigenvalue weighted by Gasteiger charge is 2.35. The van der Waals surface area contributed by atoms with Crippen LogP contribution in [-0.4, -0.2) is 73.5 Å². The standard InChI is InChI=1S/C21H29N3O4/c1-28-20(26)14-18-21(27)22-9-12-24(18)19(25)15-23-10-7-17(8-11-23)13-16-5-3-2-4-6-16/h2-6,17-18H,7-15H2,1H3,(H,22,27). The van der Waals surface area contributed by atoms with Crippen LogP contribution in [-0.2, 0) is 25.5 Å². The molecule has 1 aromatic rings. The molecule has 2 fully saturated rings. The highest BCUT2D eigenvalue weighted by Crippen LogP contribution is 2.22. The lowest BCUT2D eigenvalue weighted by Gasteiger charge is -2.37. The molecule has 1 unspecified atom stereocenters. The van der Waals surface area contributed by atoms with Crippen molar-refractivity contribution in [3.8, 4) is 0 Å². The molecule has 2 heterocycles. The van der Waals surface area contributed by atoms with Gasteiger partial charge < -0.3 is 15.0 Å². The fraction of sp³-hybridized carbons (Fsp3) is 0.571. The number of amides is 2. The molecular formula is C21H29N3O4. The van der Waals surface area contributed by atoms with E-state index in [1.807, 2.05) is 6.07 Å². The van der Waals surface area contributed by atoms with Gasteiger partial charge in [-0.15, -0.1) is 0 Å². The molecule has 0 radical (unpaired) electrons. The van der Waals surface area contributed by atoms with Crippen molar-refractivity contribution in [2.75, 3.05) is 39.8 Å². The van der Waals surface area contributed by atoms with Crippen LogP contribution in [0.4, 0.5) is 0 Å². The summed E-state index contributed by atoms with van der Waals surface area (Å²) >= 11 is 0. The molecule has 1 aromatic carbocycles. The molecule has 2 amide bonds. The topological polar surface area (TPSA) is 79.0 Å². The highest BCUT2D eigenvalue weighted by atomic mass is 16.5. The van der Waals surface area contributed by atoms with Crippen molar-refractivity contribution < 1.29 is 19.1 Å². The zero-order valence-corrected chi connectivity index (χ0v) is 16.4. The molecule has 0 spiro atoms. The summed E-state index contributed by atoms with van der Waals surface area (Å²) in [5, 5.41) is 2.72. The minimum absolute atomic E-state index is 0.0923. The van der Waals surface area contributed by atoms with Crippen LogP contribution in [0.2, 0.25) is 0 Å². The number of esters is 1. The summed E-state index contributed by atoms with van der Waals surface area (Å²) in [6, 6.07) is 9.73. The van der Waals surface area contributed by atoms with Gasteiger partial charge in [-0.25, -0.2) is 0 Å². The second-order valence-corrected chi connectivity index (χ2v) is 7.58. The monoisotopic (exact) mass is 387 g/mol. The summed E-state index contributed by atoms with van der Waals surface area (Å²) in [5.74, 6) is -0.222. The van der Waals surface area contributed by atoms with E-state index in [1.165, 1.54) is 17.6 Å². The second kappa shape index (κ2) is 9.68. The van der Waals surface area contributed by atoms with Gasteiger partial charge in [0.1, 0.15) is 6.04 Å². The lowest BCUT2D eigenvalue weighted by atomic mass is 9.90. The molecule has 1 N–H and O–H groups in total. The minimum Gasteiger partial charge on any atom is -0.469 e. The number of nitrogens with zero attached hydrogens (tertiary/aromatic N) is 2. The van der Waals surface area contributed by atoms with E-state index < -0.39 is 12.0 Å². The van der Waals surface area contributed by atoms with Gasteiger partial charge in [0.05, 0.1) is 20.1 Å². The largest absolute Gasteiger partial charge is 0.469 e. The highest BCUT2D eigenvalue weighted by molar-refractivity contribution is 5.92. The first-order valence-electron chi connectivity index (χ1n) is 9.97. The predicted octanol–water partition coefficient (Wildman–Crippen LogP) is 0.831. The van der Waals surface area contributed by atoms with E-state index in [9.17, 15) is 14.4 Å². The molecule has 7 heteroatoms. The number of likely N-dealkylation sites (tertiary alicyclic amines) is 1. The van der Waals surface area contributed by atoms with Gasteiger partial charge in [-0.3, -0.25) is 19.3 Å². The fourth-order valence-electron chi connectivity index (χ4n) is 4.04. The molecule has 28 heavy (non-hydrogen) atoms. The normalized spacial score (nSPS) is 21.2. The molecular weight excluding hydrogens is 358 g/mol. The smallest absolute Gasteiger partial charge is 0.308 e. The maximum Gasteiger partial charge on any atom is 0.308 e. The zero-order chi connectivity index (χ0) is 19.9. The summed E-state index contributed by atoms with van der Waals surface area (Å²) in [5.41, 5.74) is 1.36. The Morgan fingerprint density at radius 1 is 1.14 bits per heavy atom. The molecule has 0 aromatic heterocycles. The van der Waals surface area contributed by atoms with Crippen molar-refractivity contribution in [3.63, 3.8) is 0 Å². The Labute approximate surface area is 166 Å². The Hall–Kier alpha value is -2.41. The van der Waals surface area contributed by atoms with Crippen molar-refractivity contribution in [1.29, 1.82) is 0 Å². The summed E-state index contributed by atoms with van der Waals surface area (Å²) in [6.07, 6.45) is 3.10. The van der Waals surface area contributed by atoms with Gasteiger partial charge in [0, 0.05) is 13.1 Å². The van der Waals surface area contributed by atoms with Crippen molar-refractivity contribution >= 4 is 17.8 Å². The Kier molecular flexibility index (Phi) is 7.03. The van der Waals surface area contributed by atoms with Crippen LogP contribution in [0.25, 0.3) is 0 Å². The van der Waals surface area contributed by atoms with E-state index in [0.717, 1.165) is 32.4 Å². The van der Waals surface area contributed by atoms with E-state index >= 15 is 0 Å². The minimum atomic E-state index is -0.774. The van der Waals surface area contributed by atoms with E-state index in [1.54, 1.807) is 0 Å². The number of benzene rings is 1. The average Bonchev–Trinajstić information content (AvgIpc) is 2.71. The lowest BCUT2D eigenvalue weighted by molar-refractivity contribution is -0.150. The van der Waals surface area contributed by atoms with E-state index in [2.05, 4.69) is 39.2 Å². The van der Waals surface area contributed by atoms with Crippen LogP contribution in [0.3, 0.4) is 0 Å². The number of carbonyl (C=O) groups is 3. The second-order valence-electron chi connectivity index (χ2n) is 7.58. The molecule has 1 atom stereocenters. The maximum atomic E-state index is 12.8. The van der Waals surface area contributed by atoms with Crippen LogP contribution in [0.1, 0.15) is 24.8 Å². The quantitative estimate of drug-likeness (QED) is 0.732. The van der Waals surface area contributed by atoms with Gasteiger partial charge in [0.15, 0.2) is 0 Å². The molecule has 2 saturated heterocycles. The Balaban J connectivity index is 1.50. The summed E-state index contributed by atoms with van der Waals surface area (Å²) < 4.78 is 4.67. The summed E-state index contributed by atoms with van der Waals surface area (Å²) in [7, 11) is 1.29. The van der Waals surface area contributed by atoms with Gasteiger partial charge in [-0.2, -0.15) is 0 Å². The van der Waals surface area contributed by atoms with Gasteiger partial charge in [0.25, 0.3) is 0 Å². The van der Waals surface area contributed by atoms with Crippen molar-refractivity contribution in [2.24, 2.45) is 5.92 Å². The van der Waals surface area contributed by atoms with E-state index in [0.29, 0.717) is 25.6 Å². The van der Waals surface area contributed by atoms with Crippen LogP contribution >= 0.6 is 0 Å². The third-order valence-corrected chi connectivity index (χ3v) is 5.67. The molecule has 2 aliphatic rings. The number of nitrogens with one attached hydrogen (secondary N) is 1. The van der Waals surface area contributed by atoms with Crippen molar-refractivity contribution in [2.45, 2.75) is 31.7 Å². The predicted molar refractivity (Wildman–Crippen MR) is 104 cm³/mol. The van der Waals surface area contributed by atoms with Crippen LogP contribution < -0.4 is 5.32 Å². The van der Waals surface area contributed by atoms with Crippen molar-refractivity contribution in [3.05, 3.63) is 35.9 Å². The number of hydrogen-bond acceptors (Lipinski definition) is 5. The molecule has 2 aliphatic heterocycles. The van der Waals surface area contributed by atoms with Gasteiger partial charge in [-0.1, -0.05) is 30.3 Å². The fourth-order valence-corrected chi connectivity index (χ4v) is 4.04. The van der Waals surface area contributed by atoms with Gasteiger partial charge in [0.2, 0.25) is 11.8 Å². The molecule has 3 rings (SSSR count). The van der Waals surface area contributed by atoms with E-state index in [-0.39, 0.29) is 18.2 Å². The Bertz CT molecular complexity index is 686. The number of rotatable bonds is 6. The number of piperazine rings is 1. The van der Waals surface area contributed by atoms with Crippen LogP contribution in [0.15, 0.2) is 30.3 Å². The third-order valence-electron chi connectivity index (χ3n) is 5.67. The lowest BCUT2D eigenvalue weighted by Crippen LogP contribution is -2.59. The SMILES string of the molecule is COC(=O)CC1C(=O)NCCN1C(=O)CN1CCC(Cc2ccccc2)CC1. The summed E-state index contributed by atoms with van der Waals surface area (Å²) in [6.45, 7) is 2.90. The van der Waals surface area contributed by atoms with Crippen LogP contribution in [0.5, 0.6) is 0 Å². The molecule has 0 saturated carbocycles. The van der Waals surface area contributed by atoms with E-state index in [4.69, 9.17) is 0 Å². The Morgan fingerprint density at radius 2 is 1.86 bits per heavy atom. The average molecular weight is 387 g/mol. The Morgan fingerprint density at radius 3 is 2.54 bits per heavy atom. The van der Waals surface area contributed by atoms with Crippen molar-refractivity contribution in [1.82, 2.24) is 15.1 Å². The first-order valence-corrected chi connectivity index (χ1v) is 9.97. The number of carbonyl (C=O) groups excluding carboxylic acids is 3. The first kappa shape index (κ1) is 20.3. The summed E-state index contributed by atoms with van der Waals surface area (Å²) in [4.78, 5) is 40.3. The zero-order valence-electron chi connectivity index (χ0n) is 16.4. The number of piperidine rings is 1. The first-order chi connectivity index (χ1) is 13.6. The molecule has 152 valence electrons. The number of hydrogen-bond donors (Lipinski definition) is 1. The number of methoxy groups -OCH3 is 1. The molecule has 7 nitrogen and oxygen atoms in total. The molecule has 0 bridgehead atoms. The number of ether oxygens (including phenoxy) is 1. The van der Waals surface area contributed by atoms with Gasteiger partial charge in [-0.05, 0) is 43.8 Å². The molecule has 0 aliphatic carbocycles. The maximum absolute atomic E-state index is 12.8. The van der Waals surface area contributed by atoms with Crippen LogP contribution in [0, 0.1) is 5.92 Å².